The number of cyclic esters (lactones) is 1. The highest BCUT2D eigenvalue weighted by Crippen LogP contribution is 2.47. The lowest BCUT2D eigenvalue weighted by Crippen LogP contribution is -2.11. The quantitative estimate of drug-likeness (QED) is 0.476. The summed E-state index contributed by atoms with van der Waals surface area (Å²) in [5, 5.41) is 0. The van der Waals surface area contributed by atoms with Crippen LogP contribution in [0, 0.1) is 5.92 Å². The van der Waals surface area contributed by atoms with E-state index in [4.69, 9.17) is 14.2 Å². The SMILES string of the molecule is CC1=C[C@H](OC=C2C(=O)OC3c4ccccc4CC23)OC1=O. The van der Waals surface area contributed by atoms with Crippen LogP contribution in [0.3, 0.4) is 0 Å². The monoisotopic (exact) mass is 298 g/mol. The van der Waals surface area contributed by atoms with E-state index in [2.05, 4.69) is 0 Å². The fraction of sp³-hybridized carbons (Fsp3) is 0.294. The number of fused-ring (bicyclic) bond motifs is 3. The van der Waals surface area contributed by atoms with Crippen LogP contribution >= 0.6 is 0 Å². The normalized spacial score (nSPS) is 30.7. The molecule has 0 spiro atoms. The maximum absolute atomic E-state index is 12.0. The standard InChI is InChI=1S/C17H14O5/c1-9-6-14(21-16(9)18)20-8-13-12-7-10-4-2-3-5-11(10)15(12)22-17(13)19/h2-6,8,12,14-15H,7H2,1H3/t12?,14-,15?/m1/s1. The van der Waals surface area contributed by atoms with E-state index in [0.717, 1.165) is 12.0 Å². The maximum atomic E-state index is 12.0. The van der Waals surface area contributed by atoms with Crippen molar-refractivity contribution in [3.63, 3.8) is 0 Å². The van der Waals surface area contributed by atoms with Crippen LogP contribution in [0.1, 0.15) is 24.2 Å². The number of rotatable bonds is 2. The van der Waals surface area contributed by atoms with Crippen molar-refractivity contribution in [1.29, 1.82) is 0 Å². The number of esters is 2. The van der Waals surface area contributed by atoms with Gasteiger partial charge in [-0.15, -0.1) is 0 Å². The van der Waals surface area contributed by atoms with Gasteiger partial charge in [-0.05, 0) is 24.5 Å². The molecule has 0 N–H and O–H groups in total. The summed E-state index contributed by atoms with van der Waals surface area (Å²) >= 11 is 0. The minimum absolute atomic E-state index is 0.0351. The molecule has 1 fully saturated rings. The lowest BCUT2D eigenvalue weighted by molar-refractivity contribution is -0.152. The molecule has 5 heteroatoms. The Balaban J connectivity index is 1.55. The molecule has 4 rings (SSSR count). The van der Waals surface area contributed by atoms with Crippen LogP contribution in [0.4, 0.5) is 0 Å². The molecule has 3 atom stereocenters. The van der Waals surface area contributed by atoms with E-state index in [0.29, 0.717) is 11.1 Å². The molecule has 2 heterocycles. The molecule has 22 heavy (non-hydrogen) atoms. The molecule has 112 valence electrons. The highest BCUT2D eigenvalue weighted by Gasteiger charge is 2.46. The van der Waals surface area contributed by atoms with E-state index in [1.165, 1.54) is 11.8 Å². The summed E-state index contributed by atoms with van der Waals surface area (Å²) in [6.45, 7) is 1.66. The average molecular weight is 298 g/mol. The summed E-state index contributed by atoms with van der Waals surface area (Å²) < 4.78 is 15.9. The number of carbonyl (C=O) groups is 2. The summed E-state index contributed by atoms with van der Waals surface area (Å²) in [4.78, 5) is 23.3. The minimum atomic E-state index is -0.768. The van der Waals surface area contributed by atoms with Crippen molar-refractivity contribution in [3.8, 4) is 0 Å². The first kappa shape index (κ1) is 13.1. The third-order valence-electron chi connectivity index (χ3n) is 4.30. The van der Waals surface area contributed by atoms with Gasteiger partial charge in [0.25, 0.3) is 6.29 Å². The summed E-state index contributed by atoms with van der Waals surface area (Å²) in [5.74, 6) is -0.801. The number of hydrogen-bond acceptors (Lipinski definition) is 5. The number of ether oxygens (including phenoxy) is 3. The molecule has 0 saturated carbocycles. The van der Waals surface area contributed by atoms with Crippen LogP contribution in [0.2, 0.25) is 0 Å². The van der Waals surface area contributed by atoms with Crippen LogP contribution in [0.5, 0.6) is 0 Å². The third kappa shape index (κ3) is 1.93. The Morgan fingerprint density at radius 3 is 2.77 bits per heavy atom. The molecule has 1 aromatic rings. The first-order chi connectivity index (χ1) is 10.6. The second-order valence-electron chi connectivity index (χ2n) is 5.67. The van der Waals surface area contributed by atoms with Crippen molar-refractivity contribution in [3.05, 3.63) is 58.9 Å². The second-order valence-corrected chi connectivity index (χ2v) is 5.67. The fourth-order valence-electron chi connectivity index (χ4n) is 3.16. The van der Waals surface area contributed by atoms with E-state index in [9.17, 15) is 9.59 Å². The predicted octanol–water partition coefficient (Wildman–Crippen LogP) is 2.19. The Labute approximate surface area is 127 Å². The van der Waals surface area contributed by atoms with Crippen LogP contribution in [0.15, 0.2) is 47.7 Å². The van der Waals surface area contributed by atoms with Gasteiger partial charge >= 0.3 is 11.9 Å². The molecule has 1 aliphatic carbocycles. The molecule has 3 aliphatic rings. The minimum Gasteiger partial charge on any atom is -0.458 e. The molecule has 1 saturated heterocycles. The zero-order valence-electron chi connectivity index (χ0n) is 11.9. The third-order valence-corrected chi connectivity index (χ3v) is 4.30. The molecule has 5 nitrogen and oxygen atoms in total. The number of hydrogen-bond donors (Lipinski definition) is 0. The van der Waals surface area contributed by atoms with Crippen molar-refractivity contribution in [2.24, 2.45) is 5.92 Å². The summed E-state index contributed by atoms with van der Waals surface area (Å²) in [6.07, 6.45) is 2.71. The van der Waals surface area contributed by atoms with Gasteiger partial charge in [0.2, 0.25) is 0 Å². The Bertz CT molecular complexity index is 730. The van der Waals surface area contributed by atoms with Crippen LogP contribution in [0.25, 0.3) is 0 Å². The van der Waals surface area contributed by atoms with Gasteiger partial charge in [0.05, 0.1) is 11.8 Å². The lowest BCUT2D eigenvalue weighted by atomic mass is 9.98. The number of benzene rings is 1. The van der Waals surface area contributed by atoms with Gasteiger partial charge < -0.3 is 14.2 Å². The van der Waals surface area contributed by atoms with Gasteiger partial charge in [0.15, 0.2) is 0 Å². The van der Waals surface area contributed by atoms with E-state index < -0.39 is 12.3 Å². The van der Waals surface area contributed by atoms with Gasteiger partial charge in [-0.2, -0.15) is 0 Å². The zero-order chi connectivity index (χ0) is 15.3. The lowest BCUT2D eigenvalue weighted by Gasteiger charge is -2.09. The van der Waals surface area contributed by atoms with Crippen molar-refractivity contribution in [1.82, 2.24) is 0 Å². The Hall–Kier alpha value is -2.56. The van der Waals surface area contributed by atoms with E-state index in [1.54, 1.807) is 13.0 Å². The topological polar surface area (TPSA) is 61.8 Å². The molecule has 2 unspecified atom stereocenters. The Kier molecular flexibility index (Phi) is 2.82. The van der Waals surface area contributed by atoms with Crippen LogP contribution < -0.4 is 0 Å². The van der Waals surface area contributed by atoms with Gasteiger partial charge in [-0.25, -0.2) is 9.59 Å². The Morgan fingerprint density at radius 2 is 2.00 bits per heavy atom. The highest BCUT2D eigenvalue weighted by molar-refractivity contribution is 5.92. The highest BCUT2D eigenvalue weighted by atomic mass is 16.7. The van der Waals surface area contributed by atoms with Crippen molar-refractivity contribution < 1.29 is 23.8 Å². The van der Waals surface area contributed by atoms with Crippen molar-refractivity contribution in [2.45, 2.75) is 25.7 Å². The molecule has 0 aromatic heterocycles. The average Bonchev–Trinajstić information content (AvgIpc) is 3.10. The molecule has 1 aromatic carbocycles. The van der Waals surface area contributed by atoms with E-state index >= 15 is 0 Å². The molecule has 2 aliphatic heterocycles. The zero-order valence-corrected chi connectivity index (χ0v) is 11.9. The Morgan fingerprint density at radius 1 is 1.18 bits per heavy atom. The fourth-order valence-corrected chi connectivity index (χ4v) is 3.16. The van der Waals surface area contributed by atoms with Crippen LogP contribution in [-0.4, -0.2) is 18.2 Å². The first-order valence-electron chi connectivity index (χ1n) is 7.17. The second kappa shape index (κ2) is 4.73. The van der Waals surface area contributed by atoms with Crippen molar-refractivity contribution >= 4 is 11.9 Å². The van der Waals surface area contributed by atoms with E-state index in [1.807, 2.05) is 24.3 Å². The summed E-state index contributed by atoms with van der Waals surface area (Å²) in [7, 11) is 0. The van der Waals surface area contributed by atoms with E-state index in [-0.39, 0.29) is 18.0 Å². The van der Waals surface area contributed by atoms with Gasteiger partial charge in [-0.3, -0.25) is 0 Å². The smallest absolute Gasteiger partial charge is 0.338 e. The first-order valence-corrected chi connectivity index (χ1v) is 7.17. The molecule has 0 radical (unpaired) electrons. The predicted molar refractivity (Wildman–Crippen MR) is 75.3 cm³/mol. The molecular weight excluding hydrogens is 284 g/mol. The molecule has 0 amide bonds. The van der Waals surface area contributed by atoms with Gasteiger partial charge in [-0.1, -0.05) is 24.3 Å². The number of carbonyl (C=O) groups excluding carboxylic acids is 2. The maximum Gasteiger partial charge on any atom is 0.338 e. The van der Waals surface area contributed by atoms with Crippen molar-refractivity contribution in [2.75, 3.05) is 0 Å². The molecular formula is C17H14O5. The summed E-state index contributed by atoms with van der Waals surface area (Å²) in [5.41, 5.74) is 3.25. The summed E-state index contributed by atoms with van der Waals surface area (Å²) in [6, 6.07) is 7.96. The largest absolute Gasteiger partial charge is 0.458 e. The van der Waals surface area contributed by atoms with Gasteiger partial charge in [0, 0.05) is 17.6 Å². The van der Waals surface area contributed by atoms with Gasteiger partial charge in [0.1, 0.15) is 6.10 Å². The van der Waals surface area contributed by atoms with Crippen LogP contribution in [-0.2, 0) is 30.2 Å². The molecule has 0 bridgehead atoms.